The van der Waals surface area contributed by atoms with E-state index in [-0.39, 0.29) is 12.1 Å². The van der Waals surface area contributed by atoms with Gasteiger partial charge in [-0.15, -0.1) is 6.58 Å². The topological polar surface area (TPSA) is 49.4 Å². The number of piperidine rings is 3. The van der Waals surface area contributed by atoms with E-state index >= 15 is 0 Å². The van der Waals surface area contributed by atoms with Crippen molar-refractivity contribution in [1.29, 1.82) is 0 Å². The molecule has 3 aliphatic rings. The SMILES string of the molecule is C=C[C@H]1CN2CC[C@H]1C[C@@H]2[C@@H](NC(=S)NC(c1ccccc1)c1ccccc1)c1ccnc2ccc(OC)cc12. The van der Waals surface area contributed by atoms with Crippen molar-refractivity contribution < 1.29 is 4.74 Å². The lowest BCUT2D eigenvalue weighted by Gasteiger charge is -2.52. The van der Waals surface area contributed by atoms with Crippen molar-refractivity contribution in [2.45, 2.75) is 31.0 Å². The van der Waals surface area contributed by atoms with E-state index in [1.165, 1.54) is 23.1 Å². The summed E-state index contributed by atoms with van der Waals surface area (Å²) in [6, 6.07) is 29.4. The molecule has 0 amide bonds. The molecule has 0 saturated carbocycles. The number of benzene rings is 3. The summed E-state index contributed by atoms with van der Waals surface area (Å²) in [5.41, 5.74) is 4.48. The van der Waals surface area contributed by atoms with Crippen LogP contribution in [-0.4, -0.2) is 41.2 Å². The second-order valence-corrected chi connectivity index (χ2v) is 11.3. The molecule has 204 valence electrons. The summed E-state index contributed by atoms with van der Waals surface area (Å²) in [5.74, 6) is 2.01. The normalized spacial score (nSPS) is 22.6. The standard InChI is InChI=1S/C34H36N4OS/c1-3-23-22-38-19-17-26(23)20-31(38)33(28-16-18-35-30-15-14-27(39-2)21-29(28)30)37-34(40)36-32(24-10-6-4-7-11-24)25-12-8-5-9-13-25/h3-16,18,21,23,26,31-33H,1,17,19-20,22H2,2H3,(H2,36,37,40)/t23-,26-,31+,33-/m0/s1. The second-order valence-electron chi connectivity index (χ2n) is 10.9. The van der Waals surface area contributed by atoms with Gasteiger partial charge in [0.15, 0.2) is 5.11 Å². The van der Waals surface area contributed by atoms with Gasteiger partial charge in [-0.25, -0.2) is 0 Å². The van der Waals surface area contributed by atoms with Crippen LogP contribution in [0.5, 0.6) is 5.75 Å². The lowest BCUT2D eigenvalue weighted by Crippen LogP contribution is -2.58. The summed E-state index contributed by atoms with van der Waals surface area (Å²) in [7, 11) is 1.71. The van der Waals surface area contributed by atoms with E-state index < -0.39 is 0 Å². The van der Waals surface area contributed by atoms with Crippen molar-refractivity contribution in [3.8, 4) is 5.75 Å². The highest BCUT2D eigenvalue weighted by molar-refractivity contribution is 7.80. The summed E-state index contributed by atoms with van der Waals surface area (Å²) in [6.07, 6.45) is 6.39. The molecule has 5 nitrogen and oxygen atoms in total. The Hall–Kier alpha value is -3.74. The minimum absolute atomic E-state index is 0.0154. The van der Waals surface area contributed by atoms with Crippen LogP contribution in [0.3, 0.4) is 0 Å². The molecule has 2 bridgehead atoms. The molecule has 3 aromatic carbocycles. The third-order valence-electron chi connectivity index (χ3n) is 8.68. The molecule has 0 aliphatic carbocycles. The van der Waals surface area contributed by atoms with E-state index in [4.69, 9.17) is 17.0 Å². The summed E-state index contributed by atoms with van der Waals surface area (Å²) < 4.78 is 5.60. The van der Waals surface area contributed by atoms with Crippen LogP contribution in [0.2, 0.25) is 0 Å². The number of fused-ring (bicyclic) bond motifs is 4. The lowest BCUT2D eigenvalue weighted by molar-refractivity contribution is 0.00428. The molecule has 3 fully saturated rings. The number of ether oxygens (including phenoxy) is 1. The number of hydrogen-bond donors (Lipinski definition) is 2. The summed E-state index contributed by atoms with van der Waals surface area (Å²) >= 11 is 6.08. The number of thiocarbonyl (C=S) groups is 1. The van der Waals surface area contributed by atoms with Gasteiger partial charge in [0.2, 0.25) is 0 Å². The zero-order valence-electron chi connectivity index (χ0n) is 22.9. The van der Waals surface area contributed by atoms with E-state index in [0.717, 1.165) is 36.2 Å². The monoisotopic (exact) mass is 548 g/mol. The molecule has 0 spiro atoms. The molecule has 4 heterocycles. The second kappa shape index (κ2) is 11.8. The Labute approximate surface area is 242 Å². The summed E-state index contributed by atoms with van der Waals surface area (Å²) in [4.78, 5) is 7.30. The highest BCUT2D eigenvalue weighted by atomic mass is 32.1. The zero-order chi connectivity index (χ0) is 27.5. The van der Waals surface area contributed by atoms with Crippen LogP contribution >= 0.6 is 12.2 Å². The van der Waals surface area contributed by atoms with Crippen molar-refractivity contribution in [1.82, 2.24) is 20.5 Å². The number of hydrogen-bond acceptors (Lipinski definition) is 4. The fourth-order valence-electron chi connectivity index (χ4n) is 6.61. The van der Waals surface area contributed by atoms with E-state index in [0.29, 0.717) is 23.0 Å². The molecule has 3 aliphatic heterocycles. The summed E-state index contributed by atoms with van der Waals surface area (Å²) in [5, 5.41) is 9.20. The number of pyridine rings is 1. The first-order valence-corrected chi connectivity index (χ1v) is 14.5. The van der Waals surface area contributed by atoms with Gasteiger partial charge in [0, 0.05) is 24.2 Å². The molecule has 0 radical (unpaired) electrons. The first-order chi connectivity index (χ1) is 19.6. The van der Waals surface area contributed by atoms with Gasteiger partial charge in [0.25, 0.3) is 0 Å². The largest absolute Gasteiger partial charge is 0.497 e. The number of methoxy groups -OCH3 is 1. The Morgan fingerprint density at radius 3 is 2.38 bits per heavy atom. The van der Waals surface area contributed by atoms with Crippen molar-refractivity contribution in [3.05, 3.63) is 120 Å². The predicted octanol–water partition coefficient (Wildman–Crippen LogP) is 6.43. The number of rotatable bonds is 8. The molecular weight excluding hydrogens is 512 g/mol. The molecule has 1 aromatic heterocycles. The molecular formula is C34H36N4OS. The minimum atomic E-state index is -0.0643. The van der Waals surface area contributed by atoms with E-state index in [1.54, 1.807) is 7.11 Å². The highest BCUT2D eigenvalue weighted by Crippen LogP contribution is 2.42. The Kier molecular flexibility index (Phi) is 7.80. The third-order valence-corrected chi connectivity index (χ3v) is 8.92. The van der Waals surface area contributed by atoms with Gasteiger partial charge in [-0.05, 0) is 84.4 Å². The molecule has 3 saturated heterocycles. The van der Waals surface area contributed by atoms with Gasteiger partial charge >= 0.3 is 0 Å². The first kappa shape index (κ1) is 26.5. The van der Waals surface area contributed by atoms with Crippen LogP contribution in [0.4, 0.5) is 0 Å². The van der Waals surface area contributed by atoms with Crippen LogP contribution in [-0.2, 0) is 0 Å². The van der Waals surface area contributed by atoms with E-state index in [2.05, 4.69) is 93.8 Å². The van der Waals surface area contributed by atoms with Gasteiger partial charge in [-0.3, -0.25) is 9.88 Å². The van der Waals surface area contributed by atoms with Gasteiger partial charge < -0.3 is 15.4 Å². The number of nitrogens with one attached hydrogen (secondary N) is 2. The van der Waals surface area contributed by atoms with E-state index in [9.17, 15) is 0 Å². The Bertz CT molecular complexity index is 1440. The lowest BCUT2D eigenvalue weighted by atomic mass is 9.73. The van der Waals surface area contributed by atoms with Crippen LogP contribution in [0.25, 0.3) is 10.9 Å². The van der Waals surface area contributed by atoms with Gasteiger partial charge in [-0.1, -0.05) is 66.7 Å². The maximum atomic E-state index is 6.08. The Morgan fingerprint density at radius 2 is 1.75 bits per heavy atom. The predicted molar refractivity (Wildman–Crippen MR) is 166 cm³/mol. The maximum Gasteiger partial charge on any atom is 0.167 e. The fourth-order valence-corrected chi connectivity index (χ4v) is 6.86. The average molecular weight is 549 g/mol. The van der Waals surface area contributed by atoms with Crippen LogP contribution in [0.1, 0.15) is 41.6 Å². The molecule has 1 unspecified atom stereocenters. The van der Waals surface area contributed by atoms with Crippen LogP contribution in [0, 0.1) is 11.8 Å². The number of aromatic nitrogens is 1. The van der Waals surface area contributed by atoms with Crippen LogP contribution < -0.4 is 15.4 Å². The van der Waals surface area contributed by atoms with Crippen molar-refractivity contribution >= 4 is 28.2 Å². The number of nitrogens with zero attached hydrogens (tertiary/aromatic N) is 2. The molecule has 7 rings (SSSR count). The summed E-state index contributed by atoms with van der Waals surface area (Å²) in [6.45, 7) is 6.27. The molecule has 2 N–H and O–H groups in total. The molecule has 40 heavy (non-hydrogen) atoms. The quantitative estimate of drug-likeness (QED) is 0.195. The molecule has 4 aromatic rings. The third kappa shape index (κ3) is 5.34. The van der Waals surface area contributed by atoms with Gasteiger partial charge in [-0.2, -0.15) is 0 Å². The highest BCUT2D eigenvalue weighted by Gasteiger charge is 2.43. The van der Waals surface area contributed by atoms with Crippen molar-refractivity contribution in [2.75, 3.05) is 20.2 Å². The zero-order valence-corrected chi connectivity index (χ0v) is 23.7. The van der Waals surface area contributed by atoms with Gasteiger partial charge in [0.1, 0.15) is 5.75 Å². The van der Waals surface area contributed by atoms with E-state index in [1.807, 2.05) is 30.5 Å². The van der Waals surface area contributed by atoms with Crippen molar-refractivity contribution in [2.24, 2.45) is 11.8 Å². The minimum Gasteiger partial charge on any atom is -0.497 e. The average Bonchev–Trinajstić information content (AvgIpc) is 3.03. The van der Waals surface area contributed by atoms with Crippen molar-refractivity contribution in [3.63, 3.8) is 0 Å². The first-order valence-electron chi connectivity index (χ1n) is 14.1. The maximum absolute atomic E-state index is 6.08. The van der Waals surface area contributed by atoms with Gasteiger partial charge in [0.05, 0.1) is 24.7 Å². The van der Waals surface area contributed by atoms with Crippen LogP contribution in [0.15, 0.2) is 104 Å². The Morgan fingerprint density at radius 1 is 1.02 bits per heavy atom. The molecule has 6 heteroatoms. The Balaban J connectivity index is 1.36. The fraction of sp³-hybridized carbons (Fsp3) is 0.294. The molecule has 5 atom stereocenters. The smallest absolute Gasteiger partial charge is 0.167 e.